The molecular weight excluding hydrogens is 428 g/mol. The minimum Gasteiger partial charge on any atom is -0.455 e. The average molecular weight is 469 g/mol. The molecule has 0 saturated carbocycles. The minimum absolute atomic E-state index is 0.884. The van der Waals surface area contributed by atoms with E-state index in [1.165, 1.54) is 36.9 Å². The number of aromatic amines is 1. The number of nitrogens with zero attached hydrogens (tertiary/aromatic N) is 3. The zero-order chi connectivity index (χ0) is 23.8. The van der Waals surface area contributed by atoms with Crippen LogP contribution in [0.2, 0.25) is 0 Å². The summed E-state index contributed by atoms with van der Waals surface area (Å²) in [4.78, 5) is 9.25. The molecule has 0 aliphatic carbocycles. The molecule has 0 atom stereocenters. The first kappa shape index (κ1) is 25.5. The van der Waals surface area contributed by atoms with Gasteiger partial charge in [0.2, 0.25) is 0 Å². The molecule has 0 saturated heterocycles. The van der Waals surface area contributed by atoms with Crippen LogP contribution in [0.1, 0.15) is 45.1 Å². The molecule has 0 spiro atoms. The maximum Gasteiger partial charge on any atom is 0.144 e. The number of nitrogens with one attached hydrogen (secondary N) is 1. The molecule has 33 heavy (non-hydrogen) atoms. The fourth-order valence-electron chi connectivity index (χ4n) is 4.02. The second-order valence-corrected chi connectivity index (χ2v) is 10.4. The van der Waals surface area contributed by atoms with E-state index in [9.17, 15) is 0 Å². The van der Waals surface area contributed by atoms with Crippen LogP contribution in [0.25, 0.3) is 10.9 Å². The summed E-state index contributed by atoms with van der Waals surface area (Å²) in [5, 5.41) is 1.10. The predicted molar refractivity (Wildman–Crippen MR) is 144 cm³/mol. The van der Waals surface area contributed by atoms with E-state index < -0.39 is 0 Å². The number of hydrogen-bond donors (Lipinski definition) is 1. The van der Waals surface area contributed by atoms with Gasteiger partial charge in [0.15, 0.2) is 0 Å². The lowest BCUT2D eigenvalue weighted by Crippen LogP contribution is -2.27. The van der Waals surface area contributed by atoms with Gasteiger partial charge in [-0.25, -0.2) is 0 Å². The van der Waals surface area contributed by atoms with Crippen LogP contribution in [-0.2, 0) is 6.54 Å². The van der Waals surface area contributed by atoms with Gasteiger partial charge < -0.3 is 19.5 Å². The molecule has 5 nitrogen and oxygen atoms in total. The van der Waals surface area contributed by atoms with Crippen molar-refractivity contribution < 1.29 is 4.74 Å². The molecule has 0 aliphatic heterocycles. The predicted octanol–water partition coefficient (Wildman–Crippen LogP) is 7.00. The number of aromatic nitrogens is 1. The quantitative estimate of drug-likeness (QED) is 0.273. The zero-order valence-electron chi connectivity index (χ0n) is 21.1. The molecule has 180 valence electrons. The molecule has 0 radical (unpaired) electrons. The van der Waals surface area contributed by atoms with Crippen molar-refractivity contribution in [1.82, 2.24) is 14.2 Å². The first-order valence-electron chi connectivity index (χ1n) is 12.1. The largest absolute Gasteiger partial charge is 0.455 e. The van der Waals surface area contributed by atoms with Crippen molar-refractivity contribution >= 4 is 28.5 Å². The van der Waals surface area contributed by atoms with Gasteiger partial charge in [-0.2, -0.15) is 0 Å². The molecule has 0 amide bonds. The van der Waals surface area contributed by atoms with Gasteiger partial charge in [-0.15, -0.1) is 0 Å². The highest BCUT2D eigenvalue weighted by Gasteiger charge is 2.19. The highest BCUT2D eigenvalue weighted by molar-refractivity contribution is 7.97. The maximum atomic E-state index is 6.63. The first-order chi connectivity index (χ1) is 15.9. The second-order valence-electron chi connectivity index (χ2n) is 9.06. The normalized spacial score (nSPS) is 11.6. The van der Waals surface area contributed by atoms with Crippen molar-refractivity contribution in [3.63, 3.8) is 0 Å². The van der Waals surface area contributed by atoms with Crippen molar-refractivity contribution in [3.8, 4) is 11.5 Å². The number of hydrogen-bond acceptors (Lipinski definition) is 5. The van der Waals surface area contributed by atoms with Crippen LogP contribution < -0.4 is 9.64 Å². The summed E-state index contributed by atoms with van der Waals surface area (Å²) in [6, 6.07) is 12.9. The van der Waals surface area contributed by atoms with E-state index in [1.807, 2.05) is 12.3 Å². The number of anilines is 1. The van der Waals surface area contributed by atoms with E-state index in [4.69, 9.17) is 4.74 Å². The Hall–Kier alpha value is -2.15. The summed E-state index contributed by atoms with van der Waals surface area (Å²) in [6.45, 7) is 7.58. The van der Waals surface area contributed by atoms with Gasteiger partial charge in [0.25, 0.3) is 0 Å². The Labute approximate surface area is 204 Å². The monoisotopic (exact) mass is 468 g/mol. The SMILES string of the molecule is CCCCN(CCCC)c1cc(Oc2cccc3[nH]ccc23)c(SN(C)C)cc1CN(C)C. The van der Waals surface area contributed by atoms with E-state index in [-0.39, 0.29) is 0 Å². The molecule has 3 aromatic rings. The molecule has 0 fully saturated rings. The third kappa shape index (κ3) is 6.92. The topological polar surface area (TPSA) is 34.7 Å². The molecule has 2 aromatic carbocycles. The Balaban J connectivity index is 2.10. The lowest BCUT2D eigenvalue weighted by Gasteiger charge is -2.29. The summed E-state index contributed by atoms with van der Waals surface area (Å²) >= 11 is 1.71. The summed E-state index contributed by atoms with van der Waals surface area (Å²) in [5.41, 5.74) is 3.74. The van der Waals surface area contributed by atoms with E-state index >= 15 is 0 Å². The van der Waals surface area contributed by atoms with Crippen molar-refractivity contribution in [3.05, 3.63) is 48.2 Å². The van der Waals surface area contributed by atoms with Crippen LogP contribution in [0, 0.1) is 0 Å². The molecule has 0 unspecified atom stereocenters. The van der Waals surface area contributed by atoms with E-state index in [1.54, 1.807) is 11.9 Å². The molecular formula is C27H40N4OS. The molecule has 1 heterocycles. The van der Waals surface area contributed by atoms with Crippen LogP contribution in [0.4, 0.5) is 5.69 Å². The molecule has 1 N–H and O–H groups in total. The number of ether oxygens (including phenoxy) is 1. The summed E-state index contributed by atoms with van der Waals surface area (Å²) in [6.07, 6.45) is 6.74. The molecule has 1 aromatic heterocycles. The van der Waals surface area contributed by atoms with Crippen LogP contribution in [-0.4, -0.2) is 55.5 Å². The second kappa shape index (κ2) is 12.4. The van der Waals surface area contributed by atoms with Crippen LogP contribution in [0.3, 0.4) is 0 Å². The smallest absolute Gasteiger partial charge is 0.144 e. The van der Waals surface area contributed by atoms with E-state index in [2.05, 4.69) is 91.5 Å². The Morgan fingerprint density at radius 1 is 0.909 bits per heavy atom. The number of benzene rings is 2. The number of rotatable bonds is 13. The summed E-state index contributed by atoms with van der Waals surface area (Å²) in [5.74, 6) is 1.80. The fraction of sp³-hybridized carbons (Fsp3) is 0.481. The standard InChI is InChI=1S/C27H40N4OS/c1-7-9-16-31(17-10-8-2)24-19-26(27(33-30(5)6)18-21(24)20-29(3)4)32-25-13-11-12-23-22(25)14-15-28-23/h11-15,18-19,28H,7-10,16-17,20H2,1-6H3. The third-order valence-electron chi connectivity index (χ3n) is 5.59. The Morgan fingerprint density at radius 2 is 1.64 bits per heavy atom. The Morgan fingerprint density at radius 3 is 2.27 bits per heavy atom. The Kier molecular flexibility index (Phi) is 9.53. The van der Waals surface area contributed by atoms with Gasteiger partial charge in [-0.05, 0) is 82.8 Å². The van der Waals surface area contributed by atoms with Crippen molar-refractivity contribution in [1.29, 1.82) is 0 Å². The van der Waals surface area contributed by atoms with Crippen molar-refractivity contribution in [2.24, 2.45) is 0 Å². The number of fused-ring (bicyclic) bond motifs is 1. The van der Waals surface area contributed by atoms with Gasteiger partial charge in [-0.1, -0.05) is 32.8 Å². The van der Waals surface area contributed by atoms with E-state index in [0.29, 0.717) is 0 Å². The molecule has 0 aliphatic rings. The van der Waals surface area contributed by atoms with Gasteiger partial charge in [0.1, 0.15) is 11.5 Å². The lowest BCUT2D eigenvalue weighted by molar-refractivity contribution is 0.401. The minimum atomic E-state index is 0.884. The van der Waals surface area contributed by atoms with Crippen molar-refractivity contribution in [2.75, 3.05) is 46.2 Å². The molecule has 6 heteroatoms. The molecule has 3 rings (SSSR count). The van der Waals surface area contributed by atoms with Gasteiger partial charge in [-0.3, -0.25) is 4.31 Å². The lowest BCUT2D eigenvalue weighted by atomic mass is 10.1. The third-order valence-corrected chi connectivity index (χ3v) is 6.47. The zero-order valence-corrected chi connectivity index (χ0v) is 22.0. The van der Waals surface area contributed by atoms with Crippen LogP contribution >= 0.6 is 11.9 Å². The fourth-order valence-corrected chi connectivity index (χ4v) is 4.79. The highest BCUT2D eigenvalue weighted by atomic mass is 32.2. The number of H-pyrrole nitrogens is 1. The van der Waals surface area contributed by atoms with Gasteiger partial charge >= 0.3 is 0 Å². The maximum absolute atomic E-state index is 6.63. The first-order valence-corrected chi connectivity index (χ1v) is 12.9. The summed E-state index contributed by atoms with van der Waals surface area (Å²) < 4.78 is 8.76. The van der Waals surface area contributed by atoms with Gasteiger partial charge in [0, 0.05) is 48.5 Å². The average Bonchev–Trinajstić information content (AvgIpc) is 3.25. The highest BCUT2D eigenvalue weighted by Crippen LogP contribution is 2.41. The summed E-state index contributed by atoms with van der Waals surface area (Å²) in [7, 11) is 8.44. The van der Waals surface area contributed by atoms with Crippen molar-refractivity contribution in [2.45, 2.75) is 51.0 Å². The van der Waals surface area contributed by atoms with E-state index in [0.717, 1.165) is 46.9 Å². The van der Waals surface area contributed by atoms with Gasteiger partial charge in [0.05, 0.1) is 4.90 Å². The van der Waals surface area contributed by atoms with Crippen LogP contribution in [0.5, 0.6) is 11.5 Å². The Bertz CT molecular complexity index is 1010. The van der Waals surface area contributed by atoms with Crippen LogP contribution in [0.15, 0.2) is 47.5 Å². The number of unbranched alkanes of at least 4 members (excludes halogenated alkanes) is 2. The molecule has 0 bridgehead atoms.